The summed E-state index contributed by atoms with van der Waals surface area (Å²) < 4.78 is 3.77. The van der Waals surface area contributed by atoms with Gasteiger partial charge in [-0.15, -0.1) is 11.3 Å². The van der Waals surface area contributed by atoms with Crippen molar-refractivity contribution in [2.24, 2.45) is 0 Å². The van der Waals surface area contributed by atoms with Gasteiger partial charge in [-0.1, -0.05) is 107 Å². The minimum absolute atomic E-state index is 0.300. The first-order valence-corrected chi connectivity index (χ1v) is 16.3. The molecule has 2 aliphatic carbocycles. The summed E-state index contributed by atoms with van der Waals surface area (Å²) in [6.07, 6.45) is 0. The summed E-state index contributed by atoms with van der Waals surface area (Å²) in [5, 5.41) is 5.19. The van der Waals surface area contributed by atoms with Gasteiger partial charge >= 0.3 is 0 Å². The Hall–Kier alpha value is -4.50. The molecule has 0 saturated heterocycles. The second-order valence-electron chi connectivity index (χ2n) is 11.8. The number of benzene rings is 7. The molecule has 8 aromatic rings. The molecule has 0 unspecified atom stereocenters. The number of hydrogen-bond donors (Lipinski definition) is 0. The topological polar surface area (TPSA) is 0 Å². The Bertz CT molecular complexity index is 2430. The molecule has 0 saturated carbocycles. The Morgan fingerprint density at radius 2 is 0.977 bits per heavy atom. The highest BCUT2D eigenvalue weighted by molar-refractivity contribution is 9.10. The lowest BCUT2D eigenvalue weighted by Crippen LogP contribution is -2.25. The van der Waals surface area contributed by atoms with Crippen molar-refractivity contribution in [1.82, 2.24) is 0 Å². The molecule has 0 fully saturated rings. The van der Waals surface area contributed by atoms with Crippen molar-refractivity contribution >= 4 is 58.2 Å². The van der Waals surface area contributed by atoms with Crippen molar-refractivity contribution in [2.75, 3.05) is 0 Å². The average molecular weight is 628 g/mol. The van der Waals surface area contributed by atoms with E-state index in [0.717, 1.165) is 4.47 Å². The van der Waals surface area contributed by atoms with Gasteiger partial charge in [0.25, 0.3) is 0 Å². The zero-order valence-electron chi connectivity index (χ0n) is 23.1. The van der Waals surface area contributed by atoms with E-state index < -0.39 is 0 Å². The molecule has 0 amide bonds. The van der Waals surface area contributed by atoms with Gasteiger partial charge in [-0.2, -0.15) is 0 Å². The highest BCUT2D eigenvalue weighted by Gasteiger charge is 2.51. The molecular formula is C41H23BrS. The summed E-state index contributed by atoms with van der Waals surface area (Å²) in [5.41, 5.74) is 13.1. The Labute approximate surface area is 262 Å². The Morgan fingerprint density at radius 3 is 1.67 bits per heavy atom. The Kier molecular flexibility index (Phi) is 4.76. The van der Waals surface area contributed by atoms with E-state index in [0.29, 0.717) is 0 Å². The van der Waals surface area contributed by atoms with Gasteiger partial charge in [-0.05, 0) is 115 Å². The Balaban J connectivity index is 1.21. The van der Waals surface area contributed by atoms with Crippen molar-refractivity contribution < 1.29 is 0 Å². The monoisotopic (exact) mass is 626 g/mol. The standard InChI is InChI=1S/C41H23BrS/c42-28-16-18-40-34(23-28)33-20-25(15-17-39(33)43-40)24-13-14-26-22-38-32(21-27(26)19-24)31-9-3-6-12-37(31)41(38)35-10-4-1-7-29(35)30-8-2-5-11-36(30)41/h1-23H. The molecule has 2 aliphatic rings. The van der Waals surface area contributed by atoms with Gasteiger partial charge < -0.3 is 0 Å². The summed E-state index contributed by atoms with van der Waals surface area (Å²) in [4.78, 5) is 0. The SMILES string of the molecule is Brc1ccc2sc3ccc(-c4ccc5cc6c(cc5c4)-c4ccccc4C64c5ccccc5-c5ccccc54)cc3c2c1. The molecule has 0 N–H and O–H groups in total. The molecule has 0 bridgehead atoms. The fraction of sp³-hybridized carbons (Fsp3) is 0.0244. The number of hydrogen-bond acceptors (Lipinski definition) is 1. The van der Waals surface area contributed by atoms with E-state index in [9.17, 15) is 0 Å². The van der Waals surface area contributed by atoms with Crippen molar-refractivity contribution in [1.29, 1.82) is 0 Å². The fourth-order valence-corrected chi connectivity index (χ4v) is 9.37. The van der Waals surface area contributed by atoms with Crippen LogP contribution in [0.25, 0.3) is 64.3 Å². The second kappa shape index (κ2) is 8.54. The second-order valence-corrected chi connectivity index (χ2v) is 13.8. The number of halogens is 1. The van der Waals surface area contributed by atoms with Crippen molar-refractivity contribution in [2.45, 2.75) is 5.41 Å². The molecule has 200 valence electrons. The minimum atomic E-state index is -0.300. The zero-order chi connectivity index (χ0) is 28.3. The number of thiophene rings is 1. The van der Waals surface area contributed by atoms with Gasteiger partial charge in [0.15, 0.2) is 0 Å². The van der Waals surface area contributed by atoms with E-state index in [4.69, 9.17) is 0 Å². The van der Waals surface area contributed by atoms with E-state index in [-0.39, 0.29) is 5.41 Å². The molecule has 0 nitrogen and oxygen atoms in total. The largest absolute Gasteiger partial charge is 0.135 e. The smallest absolute Gasteiger partial charge is 0.0725 e. The highest BCUT2D eigenvalue weighted by Crippen LogP contribution is 2.63. The van der Waals surface area contributed by atoms with Gasteiger partial charge in [0, 0.05) is 24.6 Å². The molecule has 43 heavy (non-hydrogen) atoms. The maximum atomic E-state index is 3.67. The molecule has 2 heteroatoms. The average Bonchev–Trinajstić information content (AvgIpc) is 3.67. The molecule has 1 aromatic heterocycles. The van der Waals surface area contributed by atoms with Crippen LogP contribution in [0.3, 0.4) is 0 Å². The van der Waals surface area contributed by atoms with Crippen LogP contribution in [-0.4, -0.2) is 0 Å². The van der Waals surface area contributed by atoms with E-state index in [2.05, 4.69) is 155 Å². The lowest BCUT2D eigenvalue weighted by molar-refractivity contribution is 0.795. The predicted molar refractivity (Wildman–Crippen MR) is 186 cm³/mol. The van der Waals surface area contributed by atoms with Gasteiger partial charge in [0.1, 0.15) is 0 Å². The summed E-state index contributed by atoms with van der Waals surface area (Å²) in [7, 11) is 0. The quantitative estimate of drug-likeness (QED) is 0.170. The van der Waals surface area contributed by atoms with Gasteiger partial charge in [-0.25, -0.2) is 0 Å². The summed E-state index contributed by atoms with van der Waals surface area (Å²) in [5.74, 6) is 0. The first-order valence-electron chi connectivity index (χ1n) is 14.7. The minimum Gasteiger partial charge on any atom is -0.135 e. The molecule has 0 radical (unpaired) electrons. The van der Waals surface area contributed by atoms with Gasteiger partial charge in [0.2, 0.25) is 0 Å². The molecule has 0 aliphatic heterocycles. The highest BCUT2D eigenvalue weighted by atomic mass is 79.9. The fourth-order valence-electron chi connectivity index (χ4n) is 7.95. The molecular weight excluding hydrogens is 604 g/mol. The van der Waals surface area contributed by atoms with Crippen molar-refractivity contribution in [3.8, 4) is 33.4 Å². The van der Waals surface area contributed by atoms with E-state index >= 15 is 0 Å². The summed E-state index contributed by atoms with van der Waals surface area (Å²) in [6, 6.07) is 52.5. The van der Waals surface area contributed by atoms with Crippen LogP contribution in [0.15, 0.2) is 144 Å². The maximum Gasteiger partial charge on any atom is 0.0725 e. The first-order chi connectivity index (χ1) is 21.2. The third-order valence-electron chi connectivity index (χ3n) is 9.72. The molecule has 7 aromatic carbocycles. The summed E-state index contributed by atoms with van der Waals surface area (Å²) >= 11 is 5.54. The van der Waals surface area contributed by atoms with Crippen molar-refractivity contribution in [3.05, 3.63) is 166 Å². The van der Waals surface area contributed by atoms with Crippen LogP contribution in [-0.2, 0) is 5.41 Å². The van der Waals surface area contributed by atoms with Crippen molar-refractivity contribution in [3.63, 3.8) is 0 Å². The summed E-state index contributed by atoms with van der Waals surface area (Å²) in [6.45, 7) is 0. The van der Waals surface area contributed by atoms with Gasteiger partial charge in [-0.3, -0.25) is 0 Å². The molecule has 1 heterocycles. The zero-order valence-corrected chi connectivity index (χ0v) is 25.5. The van der Waals surface area contributed by atoms with Crippen LogP contribution in [0.2, 0.25) is 0 Å². The molecule has 0 atom stereocenters. The third-order valence-corrected chi connectivity index (χ3v) is 11.4. The number of rotatable bonds is 1. The number of fused-ring (bicyclic) bond motifs is 14. The lowest BCUT2D eigenvalue weighted by atomic mass is 9.70. The van der Waals surface area contributed by atoms with Crippen LogP contribution in [0, 0.1) is 0 Å². The van der Waals surface area contributed by atoms with E-state index in [1.807, 2.05) is 11.3 Å². The first kappa shape index (κ1) is 24.0. The van der Waals surface area contributed by atoms with E-state index in [1.165, 1.54) is 86.6 Å². The third kappa shape index (κ3) is 3.10. The maximum absolute atomic E-state index is 3.67. The lowest BCUT2D eigenvalue weighted by Gasteiger charge is -2.30. The molecule has 10 rings (SSSR count). The van der Waals surface area contributed by atoms with Gasteiger partial charge in [0.05, 0.1) is 5.41 Å². The van der Waals surface area contributed by atoms with Crippen LogP contribution < -0.4 is 0 Å². The predicted octanol–water partition coefficient (Wildman–Crippen LogP) is 12.0. The Morgan fingerprint density at radius 1 is 0.419 bits per heavy atom. The van der Waals surface area contributed by atoms with Crippen LogP contribution in [0.5, 0.6) is 0 Å². The van der Waals surface area contributed by atoms with Crippen LogP contribution >= 0.6 is 27.3 Å². The van der Waals surface area contributed by atoms with E-state index in [1.54, 1.807) is 0 Å². The molecule has 1 spiro atoms. The van der Waals surface area contributed by atoms with Crippen LogP contribution in [0.4, 0.5) is 0 Å². The normalized spacial score (nSPS) is 13.9. The van der Waals surface area contributed by atoms with Crippen LogP contribution in [0.1, 0.15) is 22.3 Å².